The van der Waals surface area contributed by atoms with Crippen LogP contribution < -0.4 is 15.0 Å². The van der Waals surface area contributed by atoms with E-state index in [2.05, 4.69) is 10.3 Å². The van der Waals surface area contributed by atoms with Crippen molar-refractivity contribution in [3.05, 3.63) is 53.9 Å². The molecule has 1 atom stereocenters. The van der Waals surface area contributed by atoms with Crippen LogP contribution in [-0.2, 0) is 16.0 Å². The summed E-state index contributed by atoms with van der Waals surface area (Å²) in [5, 5.41) is 2.92. The van der Waals surface area contributed by atoms with Crippen LogP contribution >= 0.6 is 0 Å². The van der Waals surface area contributed by atoms with E-state index in [-0.39, 0.29) is 24.2 Å². The van der Waals surface area contributed by atoms with E-state index in [0.29, 0.717) is 25.3 Å². The lowest BCUT2D eigenvalue weighted by atomic mass is 10.1. The number of carbonyl (C=O) groups excluding carboxylic acids is 2. The molecule has 2 heterocycles. The average Bonchev–Trinajstić information content (AvgIpc) is 3.04. The Hall–Kier alpha value is -2.89. The number of aryl methyl sites for hydroxylation is 1. The molecular formula is C20H23N3O3. The highest BCUT2D eigenvalue weighted by Crippen LogP contribution is 2.33. The number of nitrogens with zero attached hydrogens (tertiary/aromatic N) is 2. The molecule has 26 heavy (non-hydrogen) atoms. The molecule has 2 aromatic rings. The van der Waals surface area contributed by atoms with Gasteiger partial charge in [-0.3, -0.25) is 14.6 Å². The first kappa shape index (κ1) is 17.9. The minimum atomic E-state index is -0.351. The molecule has 0 saturated carbocycles. The van der Waals surface area contributed by atoms with Crippen molar-refractivity contribution in [1.29, 1.82) is 0 Å². The summed E-state index contributed by atoms with van der Waals surface area (Å²) in [6.07, 6.45) is 2.62. The van der Waals surface area contributed by atoms with E-state index in [1.54, 1.807) is 18.2 Å². The minimum Gasteiger partial charge on any atom is -0.495 e. The summed E-state index contributed by atoms with van der Waals surface area (Å²) in [7, 11) is 1.58. The third-order valence-corrected chi connectivity index (χ3v) is 4.53. The van der Waals surface area contributed by atoms with Crippen LogP contribution in [0.1, 0.15) is 17.7 Å². The fourth-order valence-electron chi connectivity index (χ4n) is 3.13. The van der Waals surface area contributed by atoms with Gasteiger partial charge in [0.15, 0.2) is 0 Å². The maximum atomic E-state index is 12.4. The minimum absolute atomic E-state index is 0.0567. The molecule has 1 fully saturated rings. The first-order chi connectivity index (χ1) is 12.6. The van der Waals surface area contributed by atoms with Crippen LogP contribution in [0.4, 0.5) is 5.69 Å². The van der Waals surface area contributed by atoms with E-state index in [0.717, 1.165) is 16.9 Å². The van der Waals surface area contributed by atoms with E-state index in [1.807, 2.05) is 43.3 Å². The number of hydrogen-bond acceptors (Lipinski definition) is 4. The Morgan fingerprint density at radius 1 is 1.35 bits per heavy atom. The summed E-state index contributed by atoms with van der Waals surface area (Å²) in [4.78, 5) is 30.8. The zero-order valence-electron chi connectivity index (χ0n) is 15.1. The highest BCUT2D eigenvalue weighted by molar-refractivity contribution is 6.01. The van der Waals surface area contributed by atoms with Crippen LogP contribution in [-0.4, -0.2) is 37.0 Å². The van der Waals surface area contributed by atoms with E-state index in [1.165, 1.54) is 0 Å². The molecule has 2 amide bonds. The van der Waals surface area contributed by atoms with Gasteiger partial charge < -0.3 is 15.0 Å². The van der Waals surface area contributed by atoms with Crippen LogP contribution in [0, 0.1) is 12.8 Å². The summed E-state index contributed by atoms with van der Waals surface area (Å²) in [5.41, 5.74) is 2.69. The van der Waals surface area contributed by atoms with Gasteiger partial charge in [-0.05, 0) is 36.8 Å². The number of benzene rings is 1. The fourth-order valence-corrected chi connectivity index (χ4v) is 3.13. The van der Waals surface area contributed by atoms with Gasteiger partial charge in [0.1, 0.15) is 5.75 Å². The van der Waals surface area contributed by atoms with E-state index >= 15 is 0 Å². The van der Waals surface area contributed by atoms with Gasteiger partial charge in [-0.2, -0.15) is 0 Å². The molecule has 136 valence electrons. The normalized spacial score (nSPS) is 16.6. The molecule has 0 bridgehead atoms. The number of ether oxygens (including phenoxy) is 1. The molecule has 1 saturated heterocycles. The van der Waals surface area contributed by atoms with Crippen molar-refractivity contribution in [3.8, 4) is 5.75 Å². The van der Waals surface area contributed by atoms with Crippen LogP contribution in [0.15, 0.2) is 42.6 Å². The summed E-state index contributed by atoms with van der Waals surface area (Å²) in [6.45, 7) is 2.84. The quantitative estimate of drug-likeness (QED) is 0.863. The molecule has 1 aliphatic heterocycles. The van der Waals surface area contributed by atoms with Crippen molar-refractivity contribution in [2.45, 2.75) is 19.8 Å². The summed E-state index contributed by atoms with van der Waals surface area (Å²) >= 11 is 0. The van der Waals surface area contributed by atoms with Gasteiger partial charge in [0.05, 0.1) is 18.7 Å². The Kier molecular flexibility index (Phi) is 5.51. The Morgan fingerprint density at radius 3 is 2.92 bits per heavy atom. The molecule has 0 spiro atoms. The number of aromatic nitrogens is 1. The number of amides is 2. The highest BCUT2D eigenvalue weighted by atomic mass is 16.5. The SMILES string of the molecule is COc1ccc(C)cc1N1CC(C(=O)NCCc2ccccn2)CC1=O. The van der Waals surface area contributed by atoms with Crippen LogP contribution in [0.25, 0.3) is 0 Å². The van der Waals surface area contributed by atoms with Crippen LogP contribution in [0.3, 0.4) is 0 Å². The zero-order chi connectivity index (χ0) is 18.5. The Bertz CT molecular complexity index is 792. The largest absolute Gasteiger partial charge is 0.495 e. The first-order valence-electron chi connectivity index (χ1n) is 8.71. The lowest BCUT2D eigenvalue weighted by molar-refractivity contribution is -0.126. The second-order valence-corrected chi connectivity index (χ2v) is 6.44. The van der Waals surface area contributed by atoms with Gasteiger partial charge in [-0.15, -0.1) is 0 Å². The second kappa shape index (κ2) is 7.99. The molecule has 0 aliphatic carbocycles. The molecule has 6 heteroatoms. The van der Waals surface area contributed by atoms with Crippen molar-refractivity contribution >= 4 is 17.5 Å². The number of hydrogen-bond donors (Lipinski definition) is 1. The zero-order valence-corrected chi connectivity index (χ0v) is 15.1. The van der Waals surface area contributed by atoms with Crippen molar-refractivity contribution < 1.29 is 14.3 Å². The topological polar surface area (TPSA) is 71.5 Å². The Morgan fingerprint density at radius 2 is 2.19 bits per heavy atom. The lowest BCUT2D eigenvalue weighted by Crippen LogP contribution is -2.34. The third kappa shape index (κ3) is 4.02. The average molecular weight is 353 g/mol. The van der Waals surface area contributed by atoms with E-state index in [4.69, 9.17) is 4.74 Å². The Balaban J connectivity index is 1.60. The van der Waals surface area contributed by atoms with Crippen molar-refractivity contribution in [2.75, 3.05) is 25.1 Å². The van der Waals surface area contributed by atoms with E-state index < -0.39 is 0 Å². The fraction of sp³-hybridized carbons (Fsp3) is 0.350. The molecule has 0 radical (unpaired) electrons. The standard InChI is InChI=1S/C20H23N3O3/c1-14-6-7-18(26-2)17(11-14)23-13-15(12-19(23)24)20(25)22-10-8-16-5-3-4-9-21-16/h3-7,9,11,15H,8,10,12-13H2,1-2H3,(H,22,25). The number of rotatable bonds is 6. The molecule has 1 aliphatic rings. The van der Waals surface area contributed by atoms with Crippen molar-refractivity contribution in [2.24, 2.45) is 5.92 Å². The Labute approximate surface area is 153 Å². The lowest BCUT2D eigenvalue weighted by Gasteiger charge is -2.20. The van der Waals surface area contributed by atoms with Gasteiger partial charge in [-0.1, -0.05) is 12.1 Å². The molecule has 1 unspecified atom stereocenters. The number of anilines is 1. The number of carbonyl (C=O) groups is 2. The van der Waals surface area contributed by atoms with Crippen molar-refractivity contribution in [1.82, 2.24) is 10.3 Å². The number of pyridine rings is 1. The van der Waals surface area contributed by atoms with Crippen LogP contribution in [0.2, 0.25) is 0 Å². The van der Waals surface area contributed by atoms with Gasteiger partial charge in [0.2, 0.25) is 11.8 Å². The van der Waals surface area contributed by atoms with Gasteiger partial charge in [0.25, 0.3) is 0 Å². The summed E-state index contributed by atoms with van der Waals surface area (Å²) < 4.78 is 5.37. The molecule has 6 nitrogen and oxygen atoms in total. The predicted molar refractivity (Wildman–Crippen MR) is 99.1 cm³/mol. The summed E-state index contributed by atoms with van der Waals surface area (Å²) in [6, 6.07) is 11.4. The first-order valence-corrected chi connectivity index (χ1v) is 8.71. The van der Waals surface area contributed by atoms with E-state index in [9.17, 15) is 9.59 Å². The molecule has 1 aromatic carbocycles. The van der Waals surface area contributed by atoms with Crippen molar-refractivity contribution in [3.63, 3.8) is 0 Å². The smallest absolute Gasteiger partial charge is 0.227 e. The monoisotopic (exact) mass is 353 g/mol. The third-order valence-electron chi connectivity index (χ3n) is 4.53. The number of nitrogens with one attached hydrogen (secondary N) is 1. The maximum absolute atomic E-state index is 12.4. The number of methoxy groups -OCH3 is 1. The second-order valence-electron chi connectivity index (χ2n) is 6.44. The summed E-state index contributed by atoms with van der Waals surface area (Å²) in [5.74, 6) is 0.138. The molecule has 1 aromatic heterocycles. The highest BCUT2D eigenvalue weighted by Gasteiger charge is 2.36. The predicted octanol–water partition coefficient (Wildman–Crippen LogP) is 2.11. The van der Waals surface area contributed by atoms with Gasteiger partial charge >= 0.3 is 0 Å². The van der Waals surface area contributed by atoms with Gasteiger partial charge in [-0.25, -0.2) is 0 Å². The maximum Gasteiger partial charge on any atom is 0.227 e. The van der Waals surface area contributed by atoms with Gasteiger partial charge in [0, 0.05) is 37.8 Å². The van der Waals surface area contributed by atoms with Crippen LogP contribution in [0.5, 0.6) is 5.75 Å². The molecule has 1 N–H and O–H groups in total. The molecular weight excluding hydrogens is 330 g/mol. The molecule has 3 rings (SSSR count).